The van der Waals surface area contributed by atoms with E-state index in [4.69, 9.17) is 11.5 Å². The van der Waals surface area contributed by atoms with Crippen molar-refractivity contribution in [2.24, 2.45) is 0 Å². The standard InChI is InChI=1S/C52H84N10O7/c1-4-6-8-10-12-14-16-18-20-22-24-26-28-42(50(66)67)57-44(63)35-34-41(49(65)59-43(51(68)69)29-27-25-23-21-19-17-15-13-11-9-7-5-2)58-48(64)38-30-32-40(33-31-38)62(3)37-39-36-55-47-45(56-39)46(53)60-52(54)61-47/h30-33,36,41-43H,4-29,34-35,37H2,1-3H3,(H,57,63)(H,58,64)(H,59,65)(H,66,67)(H,68,69)(H4,53,54,55,60,61)/t41-,42-,43-/m0/s1. The van der Waals surface area contributed by atoms with Crippen LogP contribution < -0.4 is 32.3 Å². The molecule has 3 rings (SSSR count). The van der Waals surface area contributed by atoms with Crippen LogP contribution in [0.4, 0.5) is 17.5 Å². The van der Waals surface area contributed by atoms with Gasteiger partial charge >= 0.3 is 11.9 Å². The number of nitrogens with zero attached hydrogens (tertiary/aromatic N) is 5. The van der Waals surface area contributed by atoms with Gasteiger partial charge in [-0.1, -0.05) is 168 Å². The third-order valence-electron chi connectivity index (χ3n) is 12.7. The maximum atomic E-state index is 13.8. The van der Waals surface area contributed by atoms with Crippen molar-refractivity contribution in [3.05, 3.63) is 41.7 Å². The van der Waals surface area contributed by atoms with E-state index in [0.717, 1.165) is 50.6 Å². The lowest BCUT2D eigenvalue weighted by Crippen LogP contribution is -2.52. The summed E-state index contributed by atoms with van der Waals surface area (Å²) in [5.41, 5.74) is 13.8. The number of amides is 3. The fourth-order valence-electron chi connectivity index (χ4n) is 8.48. The predicted octanol–water partition coefficient (Wildman–Crippen LogP) is 9.42. The van der Waals surface area contributed by atoms with E-state index in [9.17, 15) is 34.2 Å². The molecule has 0 radical (unpaired) electrons. The van der Waals surface area contributed by atoms with E-state index >= 15 is 0 Å². The molecule has 0 aliphatic heterocycles. The second kappa shape index (κ2) is 33.8. The average molecular weight is 961 g/mol. The largest absolute Gasteiger partial charge is 0.480 e. The van der Waals surface area contributed by atoms with Crippen LogP contribution in [0.5, 0.6) is 0 Å². The molecule has 0 spiro atoms. The molecule has 69 heavy (non-hydrogen) atoms. The van der Waals surface area contributed by atoms with Gasteiger partial charge in [-0.15, -0.1) is 0 Å². The van der Waals surface area contributed by atoms with Gasteiger partial charge in [0.25, 0.3) is 5.91 Å². The molecule has 2 heterocycles. The Labute approximate surface area is 410 Å². The lowest BCUT2D eigenvalue weighted by molar-refractivity contribution is -0.142. The van der Waals surface area contributed by atoms with Crippen LogP contribution >= 0.6 is 0 Å². The summed E-state index contributed by atoms with van der Waals surface area (Å²) in [6.45, 7) is 4.77. The number of carboxylic acid groups (broad SMARTS) is 2. The molecule has 2 aromatic heterocycles. The first kappa shape index (κ1) is 57.7. The molecule has 3 atom stereocenters. The molecule has 0 fully saturated rings. The summed E-state index contributed by atoms with van der Waals surface area (Å²) < 4.78 is 0. The van der Waals surface area contributed by atoms with E-state index in [1.165, 1.54) is 96.3 Å². The van der Waals surface area contributed by atoms with Gasteiger partial charge < -0.3 is 42.5 Å². The highest BCUT2D eigenvalue weighted by atomic mass is 16.4. The number of carbonyl (C=O) groups excluding carboxylic acids is 3. The smallest absolute Gasteiger partial charge is 0.326 e. The summed E-state index contributed by atoms with van der Waals surface area (Å²) in [6, 6.07) is 3.06. The van der Waals surface area contributed by atoms with Crippen LogP contribution in [0.15, 0.2) is 30.5 Å². The van der Waals surface area contributed by atoms with E-state index < -0.39 is 47.8 Å². The van der Waals surface area contributed by atoms with Crippen LogP contribution in [0, 0.1) is 0 Å². The normalized spacial score (nSPS) is 12.6. The zero-order valence-corrected chi connectivity index (χ0v) is 42.0. The van der Waals surface area contributed by atoms with Crippen molar-refractivity contribution in [1.29, 1.82) is 0 Å². The zero-order valence-electron chi connectivity index (χ0n) is 42.0. The fraction of sp³-hybridized carbons (Fsp3) is 0.673. The van der Waals surface area contributed by atoms with Gasteiger partial charge in [-0.2, -0.15) is 9.97 Å². The number of unbranched alkanes of at least 4 members (excludes halogenated alkanes) is 22. The van der Waals surface area contributed by atoms with Gasteiger partial charge in [-0.3, -0.25) is 14.4 Å². The molecular weight excluding hydrogens is 877 g/mol. The fourth-order valence-corrected chi connectivity index (χ4v) is 8.48. The number of anilines is 3. The quantitative estimate of drug-likeness (QED) is 0.0263. The molecule has 0 unspecified atom stereocenters. The highest BCUT2D eigenvalue weighted by Gasteiger charge is 2.28. The molecule has 0 saturated heterocycles. The Morgan fingerprint density at radius 2 is 1.04 bits per heavy atom. The summed E-state index contributed by atoms with van der Waals surface area (Å²) in [4.78, 5) is 83.9. The Hall–Kier alpha value is -5.61. The van der Waals surface area contributed by atoms with Crippen LogP contribution in [0.3, 0.4) is 0 Å². The number of nitrogens with two attached hydrogens (primary N) is 2. The first-order valence-electron chi connectivity index (χ1n) is 26.0. The number of carboxylic acids is 2. The second-order valence-corrected chi connectivity index (χ2v) is 18.7. The average Bonchev–Trinajstić information content (AvgIpc) is 3.32. The molecule has 0 bridgehead atoms. The van der Waals surface area contributed by atoms with Crippen molar-refractivity contribution in [3.63, 3.8) is 0 Å². The van der Waals surface area contributed by atoms with Crippen molar-refractivity contribution in [2.45, 2.75) is 218 Å². The van der Waals surface area contributed by atoms with Crippen molar-refractivity contribution >= 4 is 58.3 Å². The van der Waals surface area contributed by atoms with Crippen molar-refractivity contribution in [2.75, 3.05) is 23.4 Å². The number of aromatic nitrogens is 4. The van der Waals surface area contributed by atoms with Crippen molar-refractivity contribution < 1.29 is 34.2 Å². The Morgan fingerprint density at radius 1 is 0.580 bits per heavy atom. The molecule has 1 aromatic carbocycles. The first-order valence-corrected chi connectivity index (χ1v) is 26.0. The summed E-state index contributed by atoms with van der Waals surface area (Å²) in [6.07, 6.45) is 28.8. The van der Waals surface area contributed by atoms with Gasteiger partial charge in [-0.05, 0) is 43.5 Å². The van der Waals surface area contributed by atoms with Crippen molar-refractivity contribution in [3.8, 4) is 0 Å². The number of fused-ring (bicyclic) bond motifs is 1. The number of nitrogen functional groups attached to an aromatic ring is 2. The Morgan fingerprint density at radius 3 is 1.52 bits per heavy atom. The number of carbonyl (C=O) groups is 5. The first-order chi connectivity index (χ1) is 33.3. The summed E-state index contributed by atoms with van der Waals surface area (Å²) in [5.74, 6) is -4.14. The van der Waals surface area contributed by atoms with E-state index in [0.29, 0.717) is 30.6 Å². The highest BCUT2D eigenvalue weighted by Crippen LogP contribution is 2.20. The third kappa shape index (κ3) is 23.5. The van der Waals surface area contributed by atoms with Crippen LogP contribution in [-0.4, -0.2) is 85.0 Å². The number of nitrogens with one attached hydrogen (secondary N) is 3. The number of aliphatic carboxylic acids is 2. The minimum atomic E-state index is -1.28. The molecule has 17 nitrogen and oxygen atoms in total. The van der Waals surface area contributed by atoms with E-state index in [-0.39, 0.29) is 48.7 Å². The minimum absolute atomic E-state index is 0.000460. The van der Waals surface area contributed by atoms with E-state index in [2.05, 4.69) is 49.7 Å². The molecule has 0 aliphatic rings. The molecule has 3 aromatic rings. The predicted molar refractivity (Wildman–Crippen MR) is 274 cm³/mol. The van der Waals surface area contributed by atoms with Gasteiger partial charge in [0, 0.05) is 24.7 Å². The van der Waals surface area contributed by atoms with Gasteiger partial charge in [-0.25, -0.2) is 19.6 Å². The maximum absolute atomic E-state index is 13.8. The van der Waals surface area contributed by atoms with Crippen LogP contribution in [-0.2, 0) is 25.7 Å². The Bertz CT molecular complexity index is 1990. The van der Waals surface area contributed by atoms with E-state index in [1.807, 2.05) is 11.9 Å². The molecule has 384 valence electrons. The van der Waals surface area contributed by atoms with Gasteiger partial charge in [0.05, 0.1) is 18.4 Å². The SMILES string of the molecule is CCCCCCCCCCCCCC[C@H](NC(=O)CC[C@H](NC(=O)c1ccc(N(C)Cc2cnc3nc(N)nc(N)c3n2)cc1)C(=O)N[C@@H](CCCCCCCCCCCCCC)C(=O)O)C(=O)O. The summed E-state index contributed by atoms with van der Waals surface area (Å²) in [7, 11) is 1.83. The maximum Gasteiger partial charge on any atom is 0.326 e. The minimum Gasteiger partial charge on any atom is -0.480 e. The zero-order chi connectivity index (χ0) is 50.2. The summed E-state index contributed by atoms with van der Waals surface area (Å²) >= 11 is 0. The molecule has 9 N–H and O–H groups in total. The third-order valence-corrected chi connectivity index (χ3v) is 12.7. The van der Waals surface area contributed by atoms with Gasteiger partial charge in [0.15, 0.2) is 17.0 Å². The van der Waals surface area contributed by atoms with Crippen LogP contribution in [0.25, 0.3) is 11.2 Å². The highest BCUT2D eigenvalue weighted by molar-refractivity contribution is 5.98. The van der Waals surface area contributed by atoms with Crippen LogP contribution in [0.1, 0.15) is 210 Å². The van der Waals surface area contributed by atoms with Gasteiger partial charge in [0.2, 0.25) is 17.8 Å². The van der Waals surface area contributed by atoms with Crippen molar-refractivity contribution in [1.82, 2.24) is 35.9 Å². The Balaban J connectivity index is 1.58. The Kier molecular flexibility index (Phi) is 28.3. The monoisotopic (exact) mass is 961 g/mol. The van der Waals surface area contributed by atoms with Gasteiger partial charge in [0.1, 0.15) is 18.1 Å². The lowest BCUT2D eigenvalue weighted by Gasteiger charge is -2.22. The van der Waals surface area contributed by atoms with Crippen LogP contribution in [0.2, 0.25) is 0 Å². The molecule has 0 aliphatic carbocycles. The second-order valence-electron chi connectivity index (χ2n) is 18.7. The molecule has 0 saturated carbocycles. The molecular formula is C52H84N10O7. The topological polar surface area (TPSA) is 269 Å². The molecule has 3 amide bonds. The van der Waals surface area contributed by atoms with E-state index in [1.54, 1.807) is 30.5 Å². The number of hydrogen-bond donors (Lipinski definition) is 7. The number of rotatable bonds is 39. The molecule has 17 heteroatoms. The number of hydrogen-bond acceptors (Lipinski definition) is 12. The number of benzene rings is 1. The summed E-state index contributed by atoms with van der Waals surface area (Å²) in [5, 5.41) is 27.9. The lowest BCUT2D eigenvalue weighted by atomic mass is 10.0.